The average Bonchev–Trinajstić information content (AvgIpc) is 2.98. The maximum Gasteiger partial charge on any atom is 0.308 e. The number of carbonyl (C=O) groups excluding carboxylic acids is 1. The molecule has 29 heavy (non-hydrogen) atoms. The van der Waals surface area contributed by atoms with E-state index in [9.17, 15) is 14.0 Å². The van der Waals surface area contributed by atoms with E-state index < -0.39 is 0 Å². The maximum atomic E-state index is 13.1. The highest BCUT2D eigenvalue weighted by Gasteiger charge is 2.21. The van der Waals surface area contributed by atoms with E-state index in [-0.39, 0.29) is 16.6 Å². The molecule has 0 N–H and O–H groups in total. The molecule has 8 heteroatoms. The largest absolute Gasteiger partial charge is 0.497 e. The number of methoxy groups -OCH3 is 1. The van der Waals surface area contributed by atoms with E-state index >= 15 is 0 Å². The van der Waals surface area contributed by atoms with Crippen LogP contribution in [0.4, 0.5) is 4.39 Å². The van der Waals surface area contributed by atoms with Crippen molar-refractivity contribution in [1.29, 1.82) is 0 Å². The molecule has 2 aromatic carbocycles. The predicted molar refractivity (Wildman–Crippen MR) is 115 cm³/mol. The van der Waals surface area contributed by atoms with Gasteiger partial charge < -0.3 is 9.64 Å². The molecular weight excluding hydrogens is 459 g/mol. The molecule has 0 spiro atoms. The Morgan fingerprint density at radius 2 is 1.93 bits per heavy atom. The third-order valence-electron chi connectivity index (χ3n) is 4.60. The molecule has 0 saturated carbocycles. The van der Waals surface area contributed by atoms with Crippen molar-refractivity contribution in [3.05, 3.63) is 84.1 Å². The standard InChI is InChI=1S/C21H20BrFN2O3S/c1-13-19(20(26)24(2)11-14-4-6-16(23)7-5-14)29-21(27)25(13)12-15-10-17(28-3)8-9-18(15)22/h4-10H,11-12H2,1-3H3. The molecule has 0 atom stereocenters. The first-order valence-electron chi connectivity index (χ1n) is 8.82. The molecule has 1 heterocycles. The van der Waals surface area contributed by atoms with Gasteiger partial charge in [-0.15, -0.1) is 0 Å². The lowest BCUT2D eigenvalue weighted by Gasteiger charge is -2.17. The van der Waals surface area contributed by atoms with Crippen LogP contribution in [0.1, 0.15) is 26.5 Å². The lowest BCUT2D eigenvalue weighted by Crippen LogP contribution is -2.26. The fraction of sp³-hybridized carbons (Fsp3) is 0.238. The van der Waals surface area contributed by atoms with E-state index in [0.717, 1.165) is 26.9 Å². The number of hydrogen-bond donors (Lipinski definition) is 0. The fourth-order valence-corrected chi connectivity index (χ4v) is 4.30. The van der Waals surface area contributed by atoms with Gasteiger partial charge in [0.1, 0.15) is 16.4 Å². The molecule has 3 rings (SSSR count). The minimum atomic E-state index is -0.322. The molecule has 1 amide bonds. The van der Waals surface area contributed by atoms with Gasteiger partial charge in [0, 0.05) is 23.8 Å². The molecule has 0 radical (unpaired) electrons. The predicted octanol–water partition coefficient (Wildman–Crippen LogP) is 4.45. The van der Waals surface area contributed by atoms with Crippen LogP contribution in [0, 0.1) is 12.7 Å². The second-order valence-electron chi connectivity index (χ2n) is 6.61. The van der Waals surface area contributed by atoms with Crippen molar-refractivity contribution in [1.82, 2.24) is 9.47 Å². The summed E-state index contributed by atoms with van der Waals surface area (Å²) in [7, 11) is 3.25. The minimum Gasteiger partial charge on any atom is -0.497 e. The normalized spacial score (nSPS) is 10.8. The molecule has 0 aliphatic rings. The number of benzene rings is 2. The zero-order chi connectivity index (χ0) is 21.1. The zero-order valence-electron chi connectivity index (χ0n) is 16.2. The lowest BCUT2D eigenvalue weighted by atomic mass is 10.2. The van der Waals surface area contributed by atoms with Crippen molar-refractivity contribution in [2.75, 3.05) is 14.2 Å². The Labute approximate surface area is 180 Å². The quantitative estimate of drug-likeness (QED) is 0.525. The highest BCUT2D eigenvalue weighted by atomic mass is 79.9. The zero-order valence-corrected chi connectivity index (χ0v) is 18.6. The number of aromatic nitrogens is 1. The number of hydrogen-bond acceptors (Lipinski definition) is 4. The highest BCUT2D eigenvalue weighted by molar-refractivity contribution is 9.10. The van der Waals surface area contributed by atoms with E-state index in [1.807, 2.05) is 18.2 Å². The first kappa shape index (κ1) is 21.3. The number of nitrogens with zero attached hydrogens (tertiary/aromatic N) is 2. The Morgan fingerprint density at radius 3 is 2.59 bits per heavy atom. The van der Waals surface area contributed by atoms with Gasteiger partial charge >= 0.3 is 4.87 Å². The number of amides is 1. The van der Waals surface area contributed by atoms with E-state index in [2.05, 4.69) is 15.9 Å². The molecule has 0 bridgehead atoms. The number of carbonyl (C=O) groups is 1. The van der Waals surface area contributed by atoms with Crippen LogP contribution in [-0.4, -0.2) is 29.5 Å². The Hall–Kier alpha value is -2.45. The molecule has 0 aliphatic heterocycles. The van der Waals surface area contributed by atoms with Crippen LogP contribution in [0.5, 0.6) is 5.75 Å². The summed E-state index contributed by atoms with van der Waals surface area (Å²) in [6.07, 6.45) is 0. The van der Waals surface area contributed by atoms with Gasteiger partial charge in [-0.25, -0.2) is 4.39 Å². The van der Waals surface area contributed by atoms with Crippen LogP contribution in [0.25, 0.3) is 0 Å². The molecule has 152 valence electrons. The minimum absolute atomic E-state index is 0.198. The fourth-order valence-electron chi connectivity index (χ4n) is 2.94. The van der Waals surface area contributed by atoms with Gasteiger partial charge in [-0.05, 0) is 48.4 Å². The van der Waals surface area contributed by atoms with Crippen LogP contribution in [0.3, 0.4) is 0 Å². The monoisotopic (exact) mass is 478 g/mol. The first-order chi connectivity index (χ1) is 13.8. The SMILES string of the molecule is COc1ccc(Br)c(Cn2c(C)c(C(=O)N(C)Cc3ccc(F)cc3)sc2=O)c1. The van der Waals surface area contributed by atoms with Crippen molar-refractivity contribution < 1.29 is 13.9 Å². The lowest BCUT2D eigenvalue weighted by molar-refractivity contribution is 0.0788. The molecule has 5 nitrogen and oxygen atoms in total. The van der Waals surface area contributed by atoms with Gasteiger partial charge in [-0.2, -0.15) is 0 Å². The molecular formula is C21H20BrFN2O3S. The van der Waals surface area contributed by atoms with Gasteiger partial charge in [0.15, 0.2) is 0 Å². The second-order valence-corrected chi connectivity index (χ2v) is 8.43. The third kappa shape index (κ3) is 4.76. The van der Waals surface area contributed by atoms with Crippen molar-refractivity contribution in [3.63, 3.8) is 0 Å². The van der Waals surface area contributed by atoms with Gasteiger partial charge in [0.25, 0.3) is 5.91 Å². The van der Waals surface area contributed by atoms with Gasteiger partial charge in [-0.3, -0.25) is 14.2 Å². The summed E-state index contributed by atoms with van der Waals surface area (Å²) in [5.74, 6) is 0.134. The van der Waals surface area contributed by atoms with Crippen molar-refractivity contribution >= 4 is 33.2 Å². The van der Waals surface area contributed by atoms with E-state index in [1.54, 1.807) is 37.8 Å². The smallest absolute Gasteiger partial charge is 0.308 e. The summed E-state index contributed by atoms with van der Waals surface area (Å²) < 4.78 is 20.8. The molecule has 0 aliphatic carbocycles. The van der Waals surface area contributed by atoms with Crippen LogP contribution in [-0.2, 0) is 13.1 Å². The van der Waals surface area contributed by atoms with E-state index in [1.165, 1.54) is 17.0 Å². The third-order valence-corrected chi connectivity index (χ3v) is 6.44. The Balaban J connectivity index is 1.84. The molecule has 0 unspecified atom stereocenters. The van der Waals surface area contributed by atoms with Crippen LogP contribution < -0.4 is 9.61 Å². The van der Waals surface area contributed by atoms with Crippen molar-refractivity contribution in [3.8, 4) is 5.75 Å². The highest BCUT2D eigenvalue weighted by Crippen LogP contribution is 2.24. The molecule has 1 aromatic heterocycles. The second kappa shape index (κ2) is 8.92. The molecule has 3 aromatic rings. The van der Waals surface area contributed by atoms with E-state index in [0.29, 0.717) is 29.4 Å². The Bertz CT molecular complexity index is 1090. The maximum absolute atomic E-state index is 13.1. The average molecular weight is 479 g/mol. The first-order valence-corrected chi connectivity index (χ1v) is 10.4. The van der Waals surface area contributed by atoms with Gasteiger partial charge in [0.05, 0.1) is 13.7 Å². The van der Waals surface area contributed by atoms with Gasteiger partial charge in [0.2, 0.25) is 0 Å². The number of rotatable bonds is 6. The van der Waals surface area contributed by atoms with Crippen molar-refractivity contribution in [2.45, 2.75) is 20.0 Å². The number of halogens is 2. The Kier molecular flexibility index (Phi) is 6.54. The summed E-state index contributed by atoms with van der Waals surface area (Å²) in [4.78, 5) is 27.2. The number of ether oxygens (including phenoxy) is 1. The van der Waals surface area contributed by atoms with Crippen LogP contribution >= 0.6 is 27.3 Å². The van der Waals surface area contributed by atoms with Crippen LogP contribution in [0.2, 0.25) is 0 Å². The Morgan fingerprint density at radius 1 is 1.24 bits per heavy atom. The van der Waals surface area contributed by atoms with Gasteiger partial charge in [-0.1, -0.05) is 39.4 Å². The molecule has 0 fully saturated rings. The van der Waals surface area contributed by atoms with Crippen molar-refractivity contribution in [2.24, 2.45) is 0 Å². The summed E-state index contributed by atoms with van der Waals surface area (Å²) >= 11 is 4.43. The topological polar surface area (TPSA) is 51.5 Å². The molecule has 0 saturated heterocycles. The summed E-state index contributed by atoms with van der Waals surface area (Å²) in [5.41, 5.74) is 2.31. The summed E-state index contributed by atoms with van der Waals surface area (Å²) in [6.45, 7) is 2.42. The summed E-state index contributed by atoms with van der Waals surface area (Å²) in [6, 6.07) is 11.6. The van der Waals surface area contributed by atoms with Crippen LogP contribution in [0.15, 0.2) is 51.7 Å². The van der Waals surface area contributed by atoms with E-state index in [4.69, 9.17) is 4.74 Å². The summed E-state index contributed by atoms with van der Waals surface area (Å²) in [5, 5.41) is 0. The number of thiazole rings is 1.